The Morgan fingerprint density at radius 3 is 2.32 bits per heavy atom. The molecule has 0 aromatic heterocycles. The van der Waals surface area contributed by atoms with Gasteiger partial charge in [-0.3, -0.25) is 0 Å². The van der Waals surface area contributed by atoms with Crippen LogP contribution in [0.3, 0.4) is 0 Å². The molecule has 0 heterocycles. The van der Waals surface area contributed by atoms with Crippen molar-refractivity contribution in [1.29, 1.82) is 0 Å². The molecule has 1 unspecified atom stereocenters. The van der Waals surface area contributed by atoms with Gasteiger partial charge in [-0.05, 0) is 86.5 Å². The average molecular weight is 348 g/mol. The van der Waals surface area contributed by atoms with Gasteiger partial charge >= 0.3 is 0 Å². The van der Waals surface area contributed by atoms with E-state index in [1.54, 1.807) is 19.9 Å². The molecule has 1 nitrogen and oxygen atoms in total. The minimum absolute atomic E-state index is 0.0624. The molecule has 0 spiro atoms. The average Bonchev–Trinajstić information content (AvgIpc) is 2.61. The summed E-state index contributed by atoms with van der Waals surface area (Å²) in [5.74, 6) is 0.972. The quantitative estimate of drug-likeness (QED) is 0.563. The van der Waals surface area contributed by atoms with Gasteiger partial charge in [0.1, 0.15) is 6.61 Å². The minimum atomic E-state index is -0.858. The summed E-state index contributed by atoms with van der Waals surface area (Å²) in [5.41, 5.74) is 2.20. The molecule has 3 heteroatoms. The van der Waals surface area contributed by atoms with Gasteiger partial charge in [0.2, 0.25) is 5.82 Å². The topological polar surface area (TPSA) is 9.23 Å². The highest BCUT2D eigenvalue weighted by Gasteiger charge is 2.27. The Labute approximate surface area is 150 Å². The van der Waals surface area contributed by atoms with Crippen molar-refractivity contribution in [3.05, 3.63) is 40.5 Å². The molecule has 0 N–H and O–H groups in total. The first-order valence-electron chi connectivity index (χ1n) is 9.71. The number of allylic oxidation sites excluding steroid dienone is 1. The van der Waals surface area contributed by atoms with Crippen molar-refractivity contribution in [3.63, 3.8) is 0 Å². The monoisotopic (exact) mass is 348 g/mol. The Balaban J connectivity index is 1.56. The lowest BCUT2D eigenvalue weighted by molar-refractivity contribution is 0.197. The number of halogens is 2. The summed E-state index contributed by atoms with van der Waals surface area (Å²) in [6.45, 7) is 6.07. The number of ether oxygens (including phenoxy) is 1. The first kappa shape index (κ1) is 18.4. The van der Waals surface area contributed by atoms with Crippen molar-refractivity contribution in [2.24, 2.45) is 17.8 Å². The smallest absolute Gasteiger partial charge is 0.201 e. The van der Waals surface area contributed by atoms with Crippen LogP contribution >= 0.6 is 0 Å². The first-order chi connectivity index (χ1) is 12.0. The molecule has 1 fully saturated rings. The van der Waals surface area contributed by atoms with Crippen LogP contribution in [0.4, 0.5) is 8.78 Å². The van der Waals surface area contributed by atoms with E-state index in [1.165, 1.54) is 37.7 Å². The second-order valence-corrected chi connectivity index (χ2v) is 8.17. The maximum Gasteiger partial charge on any atom is 0.201 e. The third-order valence-electron chi connectivity index (χ3n) is 6.20. The third-order valence-corrected chi connectivity index (χ3v) is 6.20. The zero-order valence-corrected chi connectivity index (χ0v) is 15.7. The predicted octanol–water partition coefficient (Wildman–Crippen LogP) is 6.51. The second-order valence-electron chi connectivity index (χ2n) is 8.17. The highest BCUT2D eigenvalue weighted by molar-refractivity contribution is 5.38. The van der Waals surface area contributed by atoms with Gasteiger partial charge in [0.25, 0.3) is 0 Å². The Bertz CT molecular complexity index is 642. The van der Waals surface area contributed by atoms with Gasteiger partial charge in [-0.1, -0.05) is 25.8 Å². The molecule has 25 heavy (non-hydrogen) atoms. The standard InChI is InChI=1S/C22H30F2O/c1-14-4-8-18(9-5-14)19-10-6-17(7-11-19)13-25-22-16(3)12-15(2)20(23)21(22)24/h6,12,14,18-19H,4-5,7-11,13H2,1-3H3. The number of benzene rings is 1. The highest BCUT2D eigenvalue weighted by Crippen LogP contribution is 2.39. The van der Waals surface area contributed by atoms with E-state index in [9.17, 15) is 8.78 Å². The van der Waals surface area contributed by atoms with Crippen molar-refractivity contribution >= 4 is 0 Å². The lowest BCUT2D eigenvalue weighted by Gasteiger charge is -2.34. The molecule has 0 saturated heterocycles. The van der Waals surface area contributed by atoms with Crippen LogP contribution in [-0.4, -0.2) is 6.61 Å². The molecule has 2 aliphatic rings. The Hall–Kier alpha value is -1.38. The molecule has 2 aliphatic carbocycles. The van der Waals surface area contributed by atoms with Crippen LogP contribution < -0.4 is 4.74 Å². The summed E-state index contributed by atoms with van der Waals surface area (Å²) in [6, 6.07) is 1.64. The van der Waals surface area contributed by atoms with E-state index in [2.05, 4.69) is 13.0 Å². The Morgan fingerprint density at radius 2 is 1.68 bits per heavy atom. The molecule has 0 radical (unpaired) electrons. The predicted molar refractivity (Wildman–Crippen MR) is 97.9 cm³/mol. The summed E-state index contributed by atoms with van der Waals surface area (Å²) < 4.78 is 33.5. The molecule has 3 rings (SSSR count). The maximum absolute atomic E-state index is 14.1. The third kappa shape index (κ3) is 4.24. The van der Waals surface area contributed by atoms with Crippen molar-refractivity contribution in [1.82, 2.24) is 0 Å². The Morgan fingerprint density at radius 1 is 0.960 bits per heavy atom. The van der Waals surface area contributed by atoms with Crippen LogP contribution in [0.25, 0.3) is 0 Å². The highest BCUT2D eigenvalue weighted by atomic mass is 19.2. The van der Waals surface area contributed by atoms with Gasteiger partial charge in [-0.2, -0.15) is 4.39 Å². The fourth-order valence-corrected chi connectivity index (χ4v) is 4.47. The van der Waals surface area contributed by atoms with E-state index < -0.39 is 11.6 Å². The Kier molecular flexibility index (Phi) is 5.81. The number of hydrogen-bond donors (Lipinski definition) is 0. The molecule has 1 aromatic carbocycles. The minimum Gasteiger partial charge on any atom is -0.486 e. The van der Waals surface area contributed by atoms with Crippen LogP contribution in [0.5, 0.6) is 5.75 Å². The molecule has 0 bridgehead atoms. The number of hydrogen-bond acceptors (Lipinski definition) is 1. The molecule has 1 aromatic rings. The van der Waals surface area contributed by atoms with E-state index >= 15 is 0 Å². The van der Waals surface area contributed by atoms with E-state index in [1.807, 2.05) is 0 Å². The van der Waals surface area contributed by atoms with Crippen molar-refractivity contribution in [2.75, 3.05) is 6.61 Å². The molecular weight excluding hydrogens is 318 g/mol. The maximum atomic E-state index is 14.1. The molecule has 0 aliphatic heterocycles. The van der Waals surface area contributed by atoms with Crippen molar-refractivity contribution in [3.8, 4) is 5.75 Å². The second kappa shape index (κ2) is 7.88. The number of rotatable bonds is 4. The van der Waals surface area contributed by atoms with Crippen LogP contribution in [0, 0.1) is 43.2 Å². The van der Waals surface area contributed by atoms with Crippen molar-refractivity contribution in [2.45, 2.75) is 65.7 Å². The van der Waals surface area contributed by atoms with Gasteiger partial charge in [0.05, 0.1) is 0 Å². The van der Waals surface area contributed by atoms with Crippen LogP contribution in [0.2, 0.25) is 0 Å². The fourth-order valence-electron chi connectivity index (χ4n) is 4.47. The van der Waals surface area contributed by atoms with E-state index in [4.69, 9.17) is 4.74 Å². The molecular formula is C22H30F2O. The largest absolute Gasteiger partial charge is 0.486 e. The van der Waals surface area contributed by atoms with Crippen molar-refractivity contribution < 1.29 is 13.5 Å². The van der Waals surface area contributed by atoms with E-state index in [-0.39, 0.29) is 5.75 Å². The summed E-state index contributed by atoms with van der Waals surface area (Å²) >= 11 is 0. The molecule has 1 atom stereocenters. The number of aryl methyl sites for hydroxylation is 2. The summed E-state index contributed by atoms with van der Waals surface area (Å²) in [4.78, 5) is 0. The first-order valence-corrected chi connectivity index (χ1v) is 9.71. The van der Waals surface area contributed by atoms with Crippen LogP contribution in [0.1, 0.15) is 63.0 Å². The fraction of sp³-hybridized carbons (Fsp3) is 0.636. The van der Waals surface area contributed by atoms with Gasteiger partial charge in [0, 0.05) is 0 Å². The lowest BCUT2D eigenvalue weighted by atomic mass is 9.72. The summed E-state index contributed by atoms with van der Waals surface area (Å²) in [6.07, 6.45) is 11.1. The summed E-state index contributed by atoms with van der Waals surface area (Å²) in [7, 11) is 0. The normalized spacial score (nSPS) is 27.1. The molecule has 138 valence electrons. The van der Waals surface area contributed by atoms with Crippen LogP contribution in [-0.2, 0) is 0 Å². The SMILES string of the molecule is Cc1cc(C)c(OCC2=CCC(C3CCC(C)CC3)CC2)c(F)c1F. The molecule has 0 amide bonds. The lowest BCUT2D eigenvalue weighted by Crippen LogP contribution is -2.23. The zero-order chi connectivity index (χ0) is 18.0. The summed E-state index contributed by atoms with van der Waals surface area (Å²) in [5, 5.41) is 0. The van der Waals surface area contributed by atoms with Gasteiger partial charge in [-0.15, -0.1) is 0 Å². The zero-order valence-electron chi connectivity index (χ0n) is 15.7. The van der Waals surface area contributed by atoms with Crippen LogP contribution in [0.15, 0.2) is 17.7 Å². The van der Waals surface area contributed by atoms with Gasteiger partial charge in [-0.25, -0.2) is 4.39 Å². The van der Waals surface area contributed by atoms with E-state index in [0.29, 0.717) is 17.7 Å². The van der Waals surface area contributed by atoms with Gasteiger partial charge < -0.3 is 4.74 Å². The van der Waals surface area contributed by atoms with E-state index in [0.717, 1.165) is 30.6 Å². The van der Waals surface area contributed by atoms with Gasteiger partial charge in [0.15, 0.2) is 11.6 Å². The molecule has 1 saturated carbocycles.